The van der Waals surface area contributed by atoms with Crippen molar-refractivity contribution in [1.29, 1.82) is 0 Å². The maximum Gasteiger partial charge on any atom is 0.408 e. The highest BCUT2D eigenvalue weighted by atomic mass is 35.5. The fourth-order valence-corrected chi connectivity index (χ4v) is 4.15. The number of anilines is 1. The van der Waals surface area contributed by atoms with Gasteiger partial charge in [0.1, 0.15) is 5.75 Å². The molecule has 1 aromatic heterocycles. The van der Waals surface area contributed by atoms with Gasteiger partial charge in [0, 0.05) is 23.7 Å². The van der Waals surface area contributed by atoms with E-state index in [1.807, 2.05) is 67.6 Å². The van der Waals surface area contributed by atoms with E-state index in [0.717, 1.165) is 16.7 Å². The molecule has 2 atom stereocenters. The van der Waals surface area contributed by atoms with Crippen LogP contribution in [0.1, 0.15) is 47.7 Å². The van der Waals surface area contributed by atoms with Crippen LogP contribution in [0.2, 0.25) is 5.02 Å². The molecule has 0 aliphatic heterocycles. The summed E-state index contributed by atoms with van der Waals surface area (Å²) in [5.41, 5.74) is 4.52. The first kappa shape index (κ1) is 25.8. The first-order valence-corrected chi connectivity index (χ1v) is 12.3. The lowest BCUT2D eigenvalue weighted by Gasteiger charge is -2.22. The average Bonchev–Trinajstić information content (AvgIpc) is 2.92. The van der Waals surface area contributed by atoms with Crippen LogP contribution in [0.5, 0.6) is 5.75 Å². The van der Waals surface area contributed by atoms with Gasteiger partial charge in [-0.05, 0) is 41.3 Å². The highest BCUT2D eigenvalue weighted by Crippen LogP contribution is 2.29. The van der Waals surface area contributed by atoms with Gasteiger partial charge < -0.3 is 20.5 Å². The second kappa shape index (κ2) is 12.1. The van der Waals surface area contributed by atoms with E-state index in [0.29, 0.717) is 28.4 Å². The van der Waals surface area contributed by atoms with Gasteiger partial charge in [-0.15, -0.1) is 0 Å². The minimum absolute atomic E-state index is 0.149. The smallest absolute Gasteiger partial charge is 0.408 e. The third kappa shape index (κ3) is 6.68. The van der Waals surface area contributed by atoms with E-state index >= 15 is 0 Å². The molecule has 0 unspecified atom stereocenters. The van der Waals surface area contributed by atoms with Crippen molar-refractivity contribution >= 4 is 29.1 Å². The number of aromatic hydroxyl groups is 1. The van der Waals surface area contributed by atoms with Crippen molar-refractivity contribution in [3.05, 3.63) is 131 Å². The van der Waals surface area contributed by atoms with E-state index in [4.69, 9.17) is 16.3 Å². The molecule has 4 rings (SSSR count). The fraction of sp³-hybridized carbons (Fsp3) is 0.133. The summed E-state index contributed by atoms with van der Waals surface area (Å²) in [7, 11) is 0. The fourth-order valence-electron chi connectivity index (χ4n) is 3.96. The zero-order chi connectivity index (χ0) is 26.2. The van der Waals surface area contributed by atoms with Crippen LogP contribution in [0, 0.1) is 0 Å². The van der Waals surface area contributed by atoms with Gasteiger partial charge in [0.15, 0.2) is 6.10 Å². The van der Waals surface area contributed by atoms with Crippen LogP contribution in [0.4, 0.5) is 10.5 Å². The molecule has 1 heterocycles. The number of para-hydroxylation sites is 2. The Morgan fingerprint density at radius 3 is 2.35 bits per heavy atom. The Bertz CT molecular complexity index is 1360. The van der Waals surface area contributed by atoms with E-state index in [1.54, 1.807) is 30.5 Å². The quantitative estimate of drug-likeness (QED) is 0.202. The number of nitrogens with one attached hydrogen (secondary N) is 2. The standard InChI is InChI=1S/C30H28ClN3O3/c1-3-26(22-15-13-21(14-16-22)20(2)33-27-11-7-8-12-28(27)35)34-30(36)37-29(23-9-5-4-6-10-23)24-17-25(31)19-32-18-24/h4-19,26,29,33,35H,2-3H2,1H3,(H,34,36)/t26-,29-/m0/s1. The molecule has 37 heavy (non-hydrogen) atoms. The number of carbonyl (C=O) groups excluding carboxylic acids is 1. The number of phenols is 1. The number of benzene rings is 3. The number of halogens is 1. The second-order valence-electron chi connectivity index (χ2n) is 8.48. The van der Waals surface area contributed by atoms with Crippen molar-refractivity contribution in [2.24, 2.45) is 0 Å². The van der Waals surface area contributed by atoms with Gasteiger partial charge in [-0.1, -0.05) is 91.8 Å². The molecule has 0 saturated carbocycles. The second-order valence-corrected chi connectivity index (χ2v) is 8.92. The van der Waals surface area contributed by atoms with E-state index in [-0.39, 0.29) is 11.8 Å². The summed E-state index contributed by atoms with van der Waals surface area (Å²) < 4.78 is 5.87. The number of hydrogen-bond donors (Lipinski definition) is 3. The first-order chi connectivity index (χ1) is 17.9. The van der Waals surface area contributed by atoms with Gasteiger partial charge in [-0.2, -0.15) is 0 Å². The molecule has 7 heteroatoms. The predicted octanol–water partition coefficient (Wildman–Crippen LogP) is 7.49. The molecular weight excluding hydrogens is 486 g/mol. The molecule has 0 saturated heterocycles. The highest BCUT2D eigenvalue weighted by molar-refractivity contribution is 6.30. The number of rotatable bonds is 9. The molecule has 0 spiro atoms. The van der Waals surface area contributed by atoms with Crippen LogP contribution in [0.15, 0.2) is 104 Å². The molecule has 0 radical (unpaired) electrons. The zero-order valence-corrected chi connectivity index (χ0v) is 21.2. The number of carbonyl (C=O) groups is 1. The van der Waals surface area contributed by atoms with Crippen molar-refractivity contribution < 1.29 is 14.6 Å². The third-order valence-electron chi connectivity index (χ3n) is 5.91. The molecule has 4 aromatic rings. The lowest BCUT2D eigenvalue weighted by molar-refractivity contribution is 0.112. The summed E-state index contributed by atoms with van der Waals surface area (Å²) in [6, 6.07) is 25.7. The van der Waals surface area contributed by atoms with Crippen LogP contribution in [-0.2, 0) is 4.74 Å². The number of nitrogens with zero attached hydrogens (tertiary/aromatic N) is 1. The Morgan fingerprint density at radius 1 is 0.973 bits per heavy atom. The molecule has 0 bridgehead atoms. The molecule has 0 fully saturated rings. The maximum atomic E-state index is 13.0. The maximum absolute atomic E-state index is 13.0. The number of pyridine rings is 1. The van der Waals surface area contributed by atoms with Gasteiger partial charge in [-0.3, -0.25) is 4.98 Å². The van der Waals surface area contributed by atoms with E-state index in [2.05, 4.69) is 22.2 Å². The van der Waals surface area contributed by atoms with Crippen LogP contribution in [0.25, 0.3) is 5.70 Å². The molecule has 188 valence electrons. The Morgan fingerprint density at radius 2 is 1.68 bits per heavy atom. The zero-order valence-electron chi connectivity index (χ0n) is 20.4. The Hall–Kier alpha value is -4.29. The number of hydrogen-bond acceptors (Lipinski definition) is 5. The van der Waals surface area contributed by atoms with Gasteiger partial charge in [0.25, 0.3) is 0 Å². The Balaban J connectivity index is 1.45. The van der Waals surface area contributed by atoms with Crippen LogP contribution in [-0.4, -0.2) is 16.2 Å². The molecule has 0 aliphatic carbocycles. The van der Waals surface area contributed by atoms with E-state index < -0.39 is 12.2 Å². The molecule has 3 N–H and O–H groups in total. The summed E-state index contributed by atoms with van der Waals surface area (Å²) in [4.78, 5) is 17.1. The number of aromatic nitrogens is 1. The molecule has 1 amide bonds. The lowest BCUT2D eigenvalue weighted by Crippen LogP contribution is -2.30. The topological polar surface area (TPSA) is 83.5 Å². The van der Waals surface area contributed by atoms with Gasteiger partial charge in [0.2, 0.25) is 0 Å². The van der Waals surface area contributed by atoms with Crippen LogP contribution < -0.4 is 10.6 Å². The highest BCUT2D eigenvalue weighted by Gasteiger charge is 2.22. The Kier molecular flexibility index (Phi) is 8.44. The Labute approximate surface area is 221 Å². The monoisotopic (exact) mass is 513 g/mol. The SMILES string of the molecule is C=C(Nc1ccccc1O)c1ccc([C@H](CC)NC(=O)O[C@@H](c2ccccc2)c2cncc(Cl)c2)cc1. The minimum atomic E-state index is -0.656. The third-order valence-corrected chi connectivity index (χ3v) is 6.11. The predicted molar refractivity (Wildman–Crippen MR) is 147 cm³/mol. The van der Waals surface area contributed by atoms with Gasteiger partial charge in [-0.25, -0.2) is 4.79 Å². The van der Waals surface area contributed by atoms with Crippen LogP contribution in [0.3, 0.4) is 0 Å². The van der Waals surface area contributed by atoms with Gasteiger partial charge in [0.05, 0.1) is 16.8 Å². The number of alkyl carbamates (subject to hydrolysis) is 1. The van der Waals surface area contributed by atoms with Crippen molar-refractivity contribution in [1.82, 2.24) is 10.3 Å². The van der Waals surface area contributed by atoms with E-state index in [9.17, 15) is 9.90 Å². The lowest BCUT2D eigenvalue weighted by atomic mass is 10.0. The van der Waals surface area contributed by atoms with Crippen LogP contribution >= 0.6 is 11.6 Å². The first-order valence-electron chi connectivity index (χ1n) is 11.9. The summed E-state index contributed by atoms with van der Waals surface area (Å²) >= 11 is 6.15. The summed E-state index contributed by atoms with van der Waals surface area (Å²) in [6.07, 6.45) is 2.64. The molecule has 0 aliphatic rings. The number of amides is 1. The summed E-state index contributed by atoms with van der Waals surface area (Å²) in [5.74, 6) is 0.149. The number of ether oxygens (including phenoxy) is 1. The van der Waals surface area contributed by atoms with Gasteiger partial charge >= 0.3 is 6.09 Å². The number of phenolic OH excluding ortho intramolecular Hbond substituents is 1. The van der Waals surface area contributed by atoms with Crippen molar-refractivity contribution in [2.75, 3.05) is 5.32 Å². The largest absolute Gasteiger partial charge is 0.506 e. The van der Waals surface area contributed by atoms with Crippen molar-refractivity contribution in [2.45, 2.75) is 25.5 Å². The van der Waals surface area contributed by atoms with Crippen molar-refractivity contribution in [3.8, 4) is 5.75 Å². The molecular formula is C30H28ClN3O3. The summed E-state index contributed by atoms with van der Waals surface area (Å²) in [6.45, 7) is 6.07. The molecule has 3 aromatic carbocycles. The molecule has 6 nitrogen and oxygen atoms in total. The minimum Gasteiger partial charge on any atom is -0.506 e. The van der Waals surface area contributed by atoms with E-state index in [1.165, 1.54) is 6.20 Å². The summed E-state index contributed by atoms with van der Waals surface area (Å²) in [5, 5.41) is 16.6. The van der Waals surface area contributed by atoms with Crippen molar-refractivity contribution in [3.63, 3.8) is 0 Å². The average molecular weight is 514 g/mol. The normalized spacial score (nSPS) is 12.3.